The number of nitrogens with zero attached hydrogens (tertiary/aromatic N) is 1. The van der Waals surface area contributed by atoms with Crippen molar-refractivity contribution in [1.29, 1.82) is 0 Å². The molecule has 0 fully saturated rings. The number of hydrogen-bond acceptors (Lipinski definition) is 2. The molecule has 0 bridgehead atoms. The maximum atomic E-state index is 11.0. The van der Waals surface area contributed by atoms with Gasteiger partial charge in [0.1, 0.15) is 0 Å². The van der Waals surface area contributed by atoms with Crippen LogP contribution in [0.5, 0.6) is 0 Å². The summed E-state index contributed by atoms with van der Waals surface area (Å²) in [5, 5.41) is 9.02. The van der Waals surface area contributed by atoms with Crippen LogP contribution in [0.4, 0.5) is 0 Å². The molecule has 1 aromatic rings. The molecular weight excluding hydrogens is 226 g/mol. The second kappa shape index (κ2) is 6.01. The molecule has 0 amide bonds. The van der Waals surface area contributed by atoms with Crippen molar-refractivity contribution < 1.29 is 9.90 Å². The molecule has 0 heterocycles. The average molecular weight is 249 g/mol. The number of aliphatic carboxylic acids is 1. The van der Waals surface area contributed by atoms with Crippen LogP contribution in [0.3, 0.4) is 0 Å². The number of hydrogen-bond donors (Lipinski definition) is 1. The fourth-order valence-corrected chi connectivity index (χ4v) is 2.27. The highest BCUT2D eigenvalue weighted by molar-refractivity contribution is 5.69. The van der Waals surface area contributed by atoms with Gasteiger partial charge in [-0.25, -0.2) is 0 Å². The zero-order chi connectivity index (χ0) is 13.8. The van der Waals surface area contributed by atoms with Crippen LogP contribution in [-0.4, -0.2) is 34.1 Å². The van der Waals surface area contributed by atoms with Crippen LogP contribution in [0, 0.1) is 0 Å². The van der Waals surface area contributed by atoms with Crippen molar-refractivity contribution in [3.8, 4) is 0 Å². The van der Waals surface area contributed by atoms with Crippen LogP contribution in [0.1, 0.15) is 33.3 Å². The highest BCUT2D eigenvalue weighted by Gasteiger charge is 2.28. The summed E-state index contributed by atoms with van der Waals surface area (Å²) >= 11 is 0. The van der Waals surface area contributed by atoms with E-state index in [0.29, 0.717) is 0 Å². The van der Waals surface area contributed by atoms with Crippen LogP contribution in [0.2, 0.25) is 0 Å². The molecule has 0 saturated heterocycles. The lowest BCUT2D eigenvalue weighted by Gasteiger charge is -2.39. The Kier molecular flexibility index (Phi) is 4.91. The number of carboxylic acids is 1. The van der Waals surface area contributed by atoms with E-state index in [-0.39, 0.29) is 18.1 Å². The third-order valence-electron chi connectivity index (χ3n) is 3.07. The number of benzene rings is 1. The molecular formula is C15H23NO2. The van der Waals surface area contributed by atoms with Crippen molar-refractivity contribution in [3.63, 3.8) is 0 Å². The van der Waals surface area contributed by atoms with Crippen LogP contribution >= 0.6 is 0 Å². The van der Waals surface area contributed by atoms with E-state index in [1.807, 2.05) is 23.1 Å². The van der Waals surface area contributed by atoms with E-state index in [4.69, 9.17) is 5.11 Å². The first-order valence-electron chi connectivity index (χ1n) is 6.33. The summed E-state index contributed by atoms with van der Waals surface area (Å²) in [6, 6.07) is 10.4. The minimum Gasteiger partial charge on any atom is -0.480 e. The van der Waals surface area contributed by atoms with Crippen molar-refractivity contribution in [2.24, 2.45) is 0 Å². The summed E-state index contributed by atoms with van der Waals surface area (Å²) in [5.74, 6) is -0.773. The summed E-state index contributed by atoms with van der Waals surface area (Å²) in [6.45, 7) is 8.32. The van der Waals surface area contributed by atoms with Gasteiger partial charge in [0.25, 0.3) is 0 Å². The Hall–Kier alpha value is -1.35. The van der Waals surface area contributed by atoms with Gasteiger partial charge in [0.15, 0.2) is 0 Å². The minimum absolute atomic E-state index is 0.0809. The number of carboxylic acid groups (broad SMARTS) is 1. The van der Waals surface area contributed by atoms with E-state index < -0.39 is 5.97 Å². The van der Waals surface area contributed by atoms with E-state index >= 15 is 0 Å². The molecule has 3 nitrogen and oxygen atoms in total. The Labute approximate surface area is 109 Å². The Bertz CT molecular complexity index is 381. The molecule has 1 atom stereocenters. The van der Waals surface area contributed by atoms with Gasteiger partial charge in [-0.15, -0.1) is 0 Å². The predicted molar refractivity (Wildman–Crippen MR) is 73.7 cm³/mol. The monoisotopic (exact) mass is 249 g/mol. The first-order chi connectivity index (χ1) is 8.30. The fraction of sp³-hybridized carbons (Fsp3) is 0.533. The smallest absolute Gasteiger partial charge is 0.317 e. The Balaban J connectivity index is 2.77. The van der Waals surface area contributed by atoms with Gasteiger partial charge in [0.05, 0.1) is 6.54 Å². The molecule has 0 saturated carbocycles. The van der Waals surface area contributed by atoms with E-state index in [0.717, 1.165) is 6.42 Å². The molecule has 0 aliphatic heterocycles. The number of carbonyl (C=O) groups is 1. The topological polar surface area (TPSA) is 40.5 Å². The molecule has 1 unspecified atom stereocenters. The predicted octanol–water partition coefficient (Wildman–Crippen LogP) is 2.80. The SMILES string of the molecule is CC(Cc1ccccc1)N(CC(=O)O)C(C)(C)C. The molecule has 18 heavy (non-hydrogen) atoms. The first-order valence-corrected chi connectivity index (χ1v) is 6.33. The van der Waals surface area contributed by atoms with Gasteiger partial charge in [0.2, 0.25) is 0 Å². The normalized spacial score (nSPS) is 13.6. The van der Waals surface area contributed by atoms with Gasteiger partial charge < -0.3 is 5.11 Å². The van der Waals surface area contributed by atoms with Crippen LogP contribution < -0.4 is 0 Å². The maximum Gasteiger partial charge on any atom is 0.317 e. The van der Waals surface area contributed by atoms with Crippen LogP contribution in [-0.2, 0) is 11.2 Å². The van der Waals surface area contributed by atoms with Crippen LogP contribution in [0.15, 0.2) is 30.3 Å². The van der Waals surface area contributed by atoms with Gasteiger partial charge >= 0.3 is 5.97 Å². The van der Waals surface area contributed by atoms with Gasteiger partial charge in [-0.1, -0.05) is 30.3 Å². The zero-order valence-electron chi connectivity index (χ0n) is 11.7. The molecule has 1 aromatic carbocycles. The lowest BCUT2D eigenvalue weighted by molar-refractivity contribution is -0.140. The molecule has 100 valence electrons. The van der Waals surface area contributed by atoms with Crippen molar-refractivity contribution >= 4 is 5.97 Å². The third kappa shape index (κ3) is 4.49. The first kappa shape index (κ1) is 14.7. The number of rotatable bonds is 5. The average Bonchev–Trinajstić information content (AvgIpc) is 2.25. The standard InChI is InChI=1S/C15H23NO2/c1-12(10-13-8-6-5-7-9-13)16(11-14(17)18)15(2,3)4/h5-9,12H,10-11H2,1-4H3,(H,17,18). The molecule has 3 heteroatoms. The van der Waals surface area contributed by atoms with Gasteiger partial charge in [-0.05, 0) is 39.7 Å². The fourth-order valence-electron chi connectivity index (χ4n) is 2.27. The molecule has 1 rings (SSSR count). The van der Waals surface area contributed by atoms with Gasteiger partial charge in [-0.2, -0.15) is 0 Å². The summed E-state index contributed by atoms with van der Waals surface area (Å²) in [4.78, 5) is 13.0. The van der Waals surface area contributed by atoms with E-state index in [9.17, 15) is 4.79 Å². The molecule has 1 N–H and O–H groups in total. The zero-order valence-corrected chi connectivity index (χ0v) is 11.7. The van der Waals surface area contributed by atoms with Crippen molar-refractivity contribution in [1.82, 2.24) is 4.90 Å². The van der Waals surface area contributed by atoms with E-state index in [2.05, 4.69) is 39.8 Å². The van der Waals surface area contributed by atoms with Gasteiger partial charge in [-0.3, -0.25) is 9.69 Å². The molecule has 0 spiro atoms. The Morgan fingerprint density at radius 1 is 1.28 bits per heavy atom. The van der Waals surface area contributed by atoms with Gasteiger partial charge in [0, 0.05) is 11.6 Å². The second-order valence-electron chi connectivity index (χ2n) is 5.73. The minimum atomic E-state index is -0.773. The molecule has 0 aromatic heterocycles. The third-order valence-corrected chi connectivity index (χ3v) is 3.07. The summed E-state index contributed by atoms with van der Waals surface area (Å²) in [5.41, 5.74) is 1.09. The largest absolute Gasteiger partial charge is 0.480 e. The summed E-state index contributed by atoms with van der Waals surface area (Å²) in [6.07, 6.45) is 0.866. The van der Waals surface area contributed by atoms with Crippen molar-refractivity contribution in [2.75, 3.05) is 6.54 Å². The molecule has 0 aliphatic carbocycles. The lowest BCUT2D eigenvalue weighted by Crippen LogP contribution is -2.50. The summed E-state index contributed by atoms with van der Waals surface area (Å²) in [7, 11) is 0. The quantitative estimate of drug-likeness (QED) is 0.872. The van der Waals surface area contributed by atoms with Crippen molar-refractivity contribution in [2.45, 2.75) is 45.7 Å². The van der Waals surface area contributed by atoms with E-state index in [1.54, 1.807) is 0 Å². The molecule has 0 radical (unpaired) electrons. The Morgan fingerprint density at radius 2 is 1.83 bits per heavy atom. The lowest BCUT2D eigenvalue weighted by atomic mass is 9.99. The second-order valence-corrected chi connectivity index (χ2v) is 5.73. The maximum absolute atomic E-state index is 11.0. The molecule has 0 aliphatic rings. The van der Waals surface area contributed by atoms with Crippen LogP contribution in [0.25, 0.3) is 0 Å². The Morgan fingerprint density at radius 3 is 2.28 bits per heavy atom. The highest BCUT2D eigenvalue weighted by atomic mass is 16.4. The van der Waals surface area contributed by atoms with E-state index in [1.165, 1.54) is 5.56 Å². The summed E-state index contributed by atoms with van der Waals surface area (Å²) < 4.78 is 0. The highest BCUT2D eigenvalue weighted by Crippen LogP contribution is 2.19. The van der Waals surface area contributed by atoms with Crippen molar-refractivity contribution in [3.05, 3.63) is 35.9 Å².